The number of hydrogen-bond donors (Lipinski definition) is 4. The lowest BCUT2D eigenvalue weighted by atomic mass is 10.1. The van der Waals surface area contributed by atoms with Gasteiger partial charge in [0.15, 0.2) is 5.56 Å². The van der Waals surface area contributed by atoms with Crippen molar-refractivity contribution in [2.45, 2.75) is 38.9 Å². The van der Waals surface area contributed by atoms with Crippen LogP contribution in [0.25, 0.3) is 0 Å². The van der Waals surface area contributed by atoms with Crippen LogP contribution in [-0.2, 0) is 11.3 Å². The van der Waals surface area contributed by atoms with Crippen LogP contribution in [0.2, 0.25) is 0 Å². The molecule has 2 amide bonds. The van der Waals surface area contributed by atoms with Gasteiger partial charge in [0.1, 0.15) is 17.4 Å². The molecule has 35 heavy (non-hydrogen) atoms. The monoisotopic (exact) mass is 510 g/mol. The number of halogens is 1. The number of aryl methyl sites for hydroxylation is 1. The maximum Gasteiger partial charge on any atom is 0.344 e. The Morgan fingerprint density at radius 2 is 2.09 bits per heavy atom. The van der Waals surface area contributed by atoms with Crippen molar-refractivity contribution >= 4 is 28.5 Å². The van der Waals surface area contributed by atoms with E-state index in [1.54, 1.807) is 19.1 Å². The number of aliphatic hydroxyl groups is 1. The molecule has 192 valence electrons. The zero-order valence-corrected chi connectivity index (χ0v) is 20.4. The second-order valence-electron chi connectivity index (χ2n) is 8.32. The van der Waals surface area contributed by atoms with E-state index in [4.69, 9.17) is 9.47 Å². The summed E-state index contributed by atoms with van der Waals surface area (Å²) in [4.78, 5) is 26.1. The van der Waals surface area contributed by atoms with Crippen molar-refractivity contribution in [1.82, 2.24) is 14.6 Å². The number of unbranched alkanes of at least 4 members (excludes halogenated alkanes) is 1. The van der Waals surface area contributed by atoms with Crippen molar-refractivity contribution in [3.8, 4) is 5.88 Å². The highest BCUT2D eigenvalue weighted by Gasteiger charge is 2.24. The van der Waals surface area contributed by atoms with Crippen LogP contribution in [0.5, 0.6) is 5.88 Å². The zero-order valence-electron chi connectivity index (χ0n) is 19.6. The first kappa shape index (κ1) is 26.8. The van der Waals surface area contributed by atoms with E-state index >= 15 is 0 Å². The van der Waals surface area contributed by atoms with Crippen LogP contribution < -0.4 is 15.4 Å². The normalized spacial score (nSPS) is 14.9. The molecule has 1 atom stereocenters. The molecule has 1 aromatic carbocycles. The number of rotatable bonds is 12. The van der Waals surface area contributed by atoms with Crippen LogP contribution >= 0.6 is 11.5 Å². The number of β-amino-alcohol motifs (C(OH)–C–C–N with tert-alkyl or cyclic N) is 1. The van der Waals surface area contributed by atoms with Crippen molar-refractivity contribution in [3.05, 3.63) is 40.7 Å². The minimum Gasteiger partial charge on any atom is -0.477 e. The standard InChI is InChI=1S/C23H31FN4O6S/c1-15-5-6-16(18(24)12-15)14-34-20-19(22(30)31)21(35-27-20)26-23(32)25-7-3-2-4-17(29)13-28-8-10-33-11-9-28/h5-6,12,17,29H,2-4,7-11,13-14H2,1H3,(H,30,31)(H2,25,26,32). The average molecular weight is 511 g/mol. The number of carboxylic acids is 1. The van der Waals surface area contributed by atoms with Gasteiger partial charge in [-0.1, -0.05) is 12.1 Å². The molecule has 10 nitrogen and oxygen atoms in total. The van der Waals surface area contributed by atoms with Gasteiger partial charge in [-0.15, -0.1) is 0 Å². The van der Waals surface area contributed by atoms with Crippen molar-refractivity contribution in [2.24, 2.45) is 0 Å². The smallest absolute Gasteiger partial charge is 0.344 e. The molecule has 1 aliphatic heterocycles. The first-order chi connectivity index (χ1) is 16.8. The number of urea groups is 1. The second-order valence-corrected chi connectivity index (χ2v) is 9.10. The van der Waals surface area contributed by atoms with Gasteiger partial charge >= 0.3 is 12.0 Å². The van der Waals surface area contributed by atoms with Gasteiger partial charge in [-0.05, 0) is 49.3 Å². The lowest BCUT2D eigenvalue weighted by Gasteiger charge is -2.28. The molecule has 1 unspecified atom stereocenters. The fourth-order valence-corrected chi connectivity index (χ4v) is 4.31. The van der Waals surface area contributed by atoms with E-state index in [1.807, 2.05) is 0 Å². The van der Waals surface area contributed by atoms with E-state index in [2.05, 4.69) is 19.9 Å². The number of nitrogens with one attached hydrogen (secondary N) is 2. The number of carbonyl (C=O) groups excluding carboxylic acids is 1. The number of aromatic nitrogens is 1. The van der Waals surface area contributed by atoms with E-state index in [-0.39, 0.29) is 28.6 Å². The van der Waals surface area contributed by atoms with E-state index < -0.39 is 23.9 Å². The summed E-state index contributed by atoms with van der Waals surface area (Å²) in [5.74, 6) is -1.96. The van der Waals surface area contributed by atoms with E-state index in [0.29, 0.717) is 39.1 Å². The van der Waals surface area contributed by atoms with Gasteiger partial charge in [-0.25, -0.2) is 14.0 Å². The minimum absolute atomic E-state index is 0.0234. The topological polar surface area (TPSA) is 133 Å². The predicted molar refractivity (Wildman–Crippen MR) is 129 cm³/mol. The maximum absolute atomic E-state index is 14.0. The SMILES string of the molecule is Cc1ccc(COc2nsc(NC(=O)NCCCCC(O)CN3CCOCC3)c2C(=O)O)c(F)c1. The summed E-state index contributed by atoms with van der Waals surface area (Å²) in [6, 6.07) is 4.08. The molecule has 0 aliphatic carbocycles. The molecule has 1 aliphatic rings. The molecular formula is C23H31FN4O6S. The molecule has 1 fully saturated rings. The lowest BCUT2D eigenvalue weighted by Crippen LogP contribution is -2.40. The summed E-state index contributed by atoms with van der Waals surface area (Å²) < 4.78 is 28.7. The molecule has 2 heterocycles. The number of carbonyl (C=O) groups is 2. The lowest BCUT2D eigenvalue weighted by molar-refractivity contribution is 0.0128. The Balaban J connectivity index is 1.41. The Morgan fingerprint density at radius 3 is 2.80 bits per heavy atom. The van der Waals surface area contributed by atoms with Gasteiger partial charge in [0.05, 0.1) is 19.3 Å². The number of anilines is 1. The third-order valence-corrected chi connectivity index (χ3v) is 6.24. The maximum atomic E-state index is 14.0. The van der Waals surface area contributed by atoms with E-state index in [1.165, 1.54) is 6.07 Å². The summed E-state index contributed by atoms with van der Waals surface area (Å²) in [5, 5.41) is 24.9. The van der Waals surface area contributed by atoms with E-state index in [0.717, 1.165) is 36.6 Å². The Bertz CT molecular complexity index is 998. The number of benzene rings is 1. The molecule has 4 N–H and O–H groups in total. The van der Waals surface area contributed by atoms with Crippen LogP contribution in [0.3, 0.4) is 0 Å². The van der Waals surface area contributed by atoms with Crippen LogP contribution in [-0.4, -0.2) is 77.0 Å². The number of morpholine rings is 1. The number of amides is 2. The van der Waals surface area contributed by atoms with Gasteiger partial charge in [-0.2, -0.15) is 4.37 Å². The predicted octanol–water partition coefficient (Wildman–Crippen LogP) is 2.85. The quantitative estimate of drug-likeness (QED) is 0.321. The van der Waals surface area contributed by atoms with Gasteiger partial charge in [0.25, 0.3) is 0 Å². The number of nitrogens with zero attached hydrogens (tertiary/aromatic N) is 2. The number of hydrogen-bond acceptors (Lipinski definition) is 8. The molecule has 3 rings (SSSR count). The first-order valence-corrected chi connectivity index (χ1v) is 12.2. The van der Waals surface area contributed by atoms with Crippen LogP contribution in [0.4, 0.5) is 14.2 Å². The largest absolute Gasteiger partial charge is 0.477 e. The summed E-state index contributed by atoms with van der Waals surface area (Å²) in [5.41, 5.74) is 0.735. The van der Waals surface area contributed by atoms with E-state index in [9.17, 15) is 24.2 Å². The molecule has 0 bridgehead atoms. The van der Waals surface area contributed by atoms with Gasteiger partial charge < -0.3 is 25.0 Å². The molecule has 0 radical (unpaired) electrons. The molecule has 0 spiro atoms. The third-order valence-electron chi connectivity index (χ3n) is 5.50. The highest BCUT2D eigenvalue weighted by molar-refractivity contribution is 7.11. The molecule has 2 aromatic rings. The van der Waals surface area contributed by atoms with Crippen molar-refractivity contribution in [3.63, 3.8) is 0 Å². The minimum atomic E-state index is -1.32. The fraction of sp³-hybridized carbons (Fsp3) is 0.522. The summed E-state index contributed by atoms with van der Waals surface area (Å²) >= 11 is 0.771. The summed E-state index contributed by atoms with van der Waals surface area (Å²) in [7, 11) is 0. The molecule has 0 saturated carbocycles. The Labute approximate surface area is 207 Å². The summed E-state index contributed by atoms with van der Waals surface area (Å²) in [6.45, 7) is 5.57. The van der Waals surface area contributed by atoms with Crippen molar-refractivity contribution in [2.75, 3.05) is 44.7 Å². The number of ether oxygens (including phenoxy) is 2. The second kappa shape index (κ2) is 13.3. The molecule has 12 heteroatoms. The highest BCUT2D eigenvalue weighted by atomic mass is 32.1. The molecule has 1 aromatic heterocycles. The number of carboxylic acid groups (broad SMARTS) is 1. The average Bonchev–Trinajstić information content (AvgIpc) is 3.21. The Hall–Kier alpha value is -2.80. The zero-order chi connectivity index (χ0) is 25.2. The first-order valence-electron chi connectivity index (χ1n) is 11.5. The highest BCUT2D eigenvalue weighted by Crippen LogP contribution is 2.31. The van der Waals surface area contributed by atoms with Crippen LogP contribution in [0, 0.1) is 12.7 Å². The molecule has 1 saturated heterocycles. The van der Waals surface area contributed by atoms with Crippen LogP contribution in [0.1, 0.15) is 40.7 Å². The fourth-order valence-electron chi connectivity index (χ4n) is 3.59. The van der Waals surface area contributed by atoms with Crippen LogP contribution in [0.15, 0.2) is 18.2 Å². The Kier molecular flexibility index (Phi) is 10.2. The summed E-state index contributed by atoms with van der Waals surface area (Å²) in [6.07, 6.45) is 1.60. The number of aliphatic hydroxyl groups excluding tert-OH is 1. The van der Waals surface area contributed by atoms with Gasteiger partial charge in [-0.3, -0.25) is 10.2 Å². The van der Waals surface area contributed by atoms with Gasteiger partial charge in [0, 0.05) is 31.7 Å². The van der Waals surface area contributed by atoms with Gasteiger partial charge in [0.2, 0.25) is 5.88 Å². The molecular weight excluding hydrogens is 479 g/mol. The number of aromatic carboxylic acids is 1. The third kappa shape index (κ3) is 8.42. The van der Waals surface area contributed by atoms with Crippen molar-refractivity contribution < 1.29 is 33.7 Å². The Morgan fingerprint density at radius 1 is 1.31 bits per heavy atom. The van der Waals surface area contributed by atoms with Crippen molar-refractivity contribution in [1.29, 1.82) is 0 Å².